The number of hydrogen-bond donors (Lipinski definition) is 1. The summed E-state index contributed by atoms with van der Waals surface area (Å²) in [5, 5.41) is 1.99. The highest BCUT2D eigenvalue weighted by atomic mass is 35.5. The second-order valence-corrected chi connectivity index (χ2v) is 7.22. The number of carbonyl (C=O) groups is 1. The Balaban J connectivity index is 0.00000182. The van der Waals surface area contributed by atoms with Crippen molar-refractivity contribution in [1.82, 2.24) is 9.88 Å². The van der Waals surface area contributed by atoms with E-state index in [0.717, 1.165) is 48.7 Å². The lowest BCUT2D eigenvalue weighted by Gasteiger charge is -2.32. The first-order valence-corrected chi connectivity index (χ1v) is 9.65. The van der Waals surface area contributed by atoms with Crippen LogP contribution in [0.15, 0.2) is 21.9 Å². The second kappa shape index (κ2) is 11.7. The third-order valence-electron chi connectivity index (χ3n) is 4.44. The fourth-order valence-electron chi connectivity index (χ4n) is 2.96. The number of carbonyl (C=O) groups excluding carboxylic acids is 1. The van der Waals surface area contributed by atoms with E-state index < -0.39 is 0 Å². The third kappa shape index (κ3) is 6.47. The number of thiophene rings is 1. The van der Waals surface area contributed by atoms with Crippen LogP contribution < -0.4 is 5.73 Å². The highest BCUT2D eigenvalue weighted by molar-refractivity contribution is 7.13. The van der Waals surface area contributed by atoms with Gasteiger partial charge in [-0.25, -0.2) is 4.98 Å². The number of halogens is 2. The van der Waals surface area contributed by atoms with E-state index in [9.17, 15) is 4.79 Å². The molecule has 1 aliphatic heterocycles. The van der Waals surface area contributed by atoms with Crippen LogP contribution in [0.5, 0.6) is 0 Å². The van der Waals surface area contributed by atoms with Crippen molar-refractivity contribution >= 4 is 42.1 Å². The Hall–Kier alpha value is -1.12. The minimum atomic E-state index is 0. The Kier molecular flexibility index (Phi) is 10.3. The molecule has 3 rings (SSSR count). The van der Waals surface area contributed by atoms with Gasteiger partial charge in [0.25, 0.3) is 0 Å². The Morgan fingerprint density at radius 3 is 2.78 bits per heavy atom. The molecule has 9 heteroatoms. The second-order valence-electron chi connectivity index (χ2n) is 6.27. The van der Waals surface area contributed by atoms with Crippen molar-refractivity contribution in [2.24, 2.45) is 5.73 Å². The lowest BCUT2D eigenvalue weighted by Crippen LogP contribution is -2.41. The Morgan fingerprint density at radius 2 is 2.15 bits per heavy atom. The zero-order valence-corrected chi connectivity index (χ0v) is 17.8. The molecule has 2 aromatic heterocycles. The van der Waals surface area contributed by atoms with Gasteiger partial charge in [0.05, 0.1) is 23.1 Å². The molecule has 152 valence electrons. The van der Waals surface area contributed by atoms with Crippen molar-refractivity contribution in [2.75, 3.05) is 26.2 Å². The van der Waals surface area contributed by atoms with Crippen LogP contribution in [0.4, 0.5) is 0 Å². The van der Waals surface area contributed by atoms with Crippen LogP contribution in [-0.4, -0.2) is 48.1 Å². The Bertz CT molecular complexity index is 686. The number of aryl methyl sites for hydroxylation is 1. The van der Waals surface area contributed by atoms with Gasteiger partial charge < -0.3 is 19.8 Å². The number of nitrogens with two attached hydrogens (primary N) is 1. The van der Waals surface area contributed by atoms with Crippen LogP contribution in [0.25, 0.3) is 10.8 Å². The molecule has 1 fully saturated rings. The molecular weight excluding hydrogens is 409 g/mol. The van der Waals surface area contributed by atoms with E-state index in [4.69, 9.17) is 14.9 Å². The molecule has 3 heterocycles. The van der Waals surface area contributed by atoms with E-state index in [1.807, 2.05) is 29.3 Å². The summed E-state index contributed by atoms with van der Waals surface area (Å²) in [6, 6.07) is 3.93. The Labute approximate surface area is 176 Å². The zero-order valence-electron chi connectivity index (χ0n) is 15.4. The predicted molar refractivity (Wildman–Crippen MR) is 112 cm³/mol. The molecule has 0 spiro atoms. The molecule has 1 saturated heterocycles. The van der Waals surface area contributed by atoms with E-state index in [-0.39, 0.29) is 36.8 Å². The monoisotopic (exact) mass is 435 g/mol. The first kappa shape index (κ1) is 23.9. The molecular formula is C18H27Cl2N3O3S. The number of ether oxygens (including phenoxy) is 1. The molecule has 0 radical (unpaired) electrons. The molecule has 6 nitrogen and oxygen atoms in total. The summed E-state index contributed by atoms with van der Waals surface area (Å²) in [6.45, 7) is 4.70. The normalized spacial score (nSPS) is 14.5. The number of likely N-dealkylation sites (tertiary alicyclic amines) is 1. The largest absolute Gasteiger partial charge is 0.440 e. The number of piperidine rings is 1. The van der Waals surface area contributed by atoms with Crippen molar-refractivity contribution < 1.29 is 13.9 Å². The van der Waals surface area contributed by atoms with Crippen molar-refractivity contribution in [1.29, 1.82) is 0 Å². The average molecular weight is 436 g/mol. The summed E-state index contributed by atoms with van der Waals surface area (Å²) in [5.74, 6) is 1.42. The Morgan fingerprint density at radius 1 is 1.41 bits per heavy atom. The van der Waals surface area contributed by atoms with Gasteiger partial charge in [-0.2, -0.15) is 0 Å². The zero-order chi connectivity index (χ0) is 17.6. The number of aromatic nitrogens is 1. The highest BCUT2D eigenvalue weighted by Crippen LogP contribution is 2.26. The predicted octanol–water partition coefficient (Wildman–Crippen LogP) is 3.45. The minimum Gasteiger partial charge on any atom is -0.440 e. The number of rotatable bonds is 7. The van der Waals surface area contributed by atoms with Gasteiger partial charge in [-0.15, -0.1) is 36.2 Å². The van der Waals surface area contributed by atoms with Crippen LogP contribution >= 0.6 is 36.2 Å². The van der Waals surface area contributed by atoms with Gasteiger partial charge in [0, 0.05) is 19.7 Å². The molecule has 0 bridgehead atoms. The molecule has 0 atom stereocenters. The quantitative estimate of drug-likeness (QED) is 0.673. The minimum absolute atomic E-state index is 0. The van der Waals surface area contributed by atoms with Crippen LogP contribution in [0.2, 0.25) is 0 Å². The molecule has 1 aliphatic rings. The summed E-state index contributed by atoms with van der Waals surface area (Å²) < 4.78 is 11.5. The summed E-state index contributed by atoms with van der Waals surface area (Å²) in [4.78, 5) is 20.0. The fraction of sp³-hybridized carbons (Fsp3) is 0.556. The van der Waals surface area contributed by atoms with Crippen LogP contribution in [0.1, 0.15) is 30.7 Å². The van der Waals surface area contributed by atoms with Crippen molar-refractivity contribution in [2.45, 2.75) is 38.7 Å². The SMILES string of the molecule is Cc1oc(-c2cccs2)nc1CC(=O)N1CCC(OCCCN)CC1.Cl.Cl. The molecule has 0 aliphatic carbocycles. The number of hydrogen-bond acceptors (Lipinski definition) is 6. The first-order chi connectivity index (χ1) is 12.2. The van der Waals surface area contributed by atoms with Crippen molar-refractivity contribution in [3.8, 4) is 10.8 Å². The van der Waals surface area contributed by atoms with Gasteiger partial charge >= 0.3 is 0 Å². The lowest BCUT2D eigenvalue weighted by molar-refractivity contribution is -0.133. The molecule has 1 amide bonds. The van der Waals surface area contributed by atoms with Crippen LogP contribution in [-0.2, 0) is 16.0 Å². The highest BCUT2D eigenvalue weighted by Gasteiger charge is 2.25. The van der Waals surface area contributed by atoms with Gasteiger partial charge in [0.15, 0.2) is 0 Å². The molecule has 27 heavy (non-hydrogen) atoms. The maximum atomic E-state index is 12.6. The maximum Gasteiger partial charge on any atom is 0.236 e. The third-order valence-corrected chi connectivity index (χ3v) is 5.30. The van der Waals surface area contributed by atoms with E-state index in [2.05, 4.69) is 4.98 Å². The molecule has 2 N–H and O–H groups in total. The standard InChI is InChI=1S/C18H25N3O3S.2ClH/c1-13-15(20-18(24-13)16-4-2-11-25-16)12-17(22)21-8-5-14(6-9-21)23-10-3-7-19;;/h2,4,11,14H,3,5-10,12,19H2,1H3;2*1H. The van der Waals surface area contributed by atoms with E-state index in [1.54, 1.807) is 11.3 Å². The smallest absolute Gasteiger partial charge is 0.236 e. The number of nitrogens with zero attached hydrogens (tertiary/aromatic N) is 2. The van der Waals surface area contributed by atoms with Gasteiger partial charge in [0.1, 0.15) is 5.76 Å². The van der Waals surface area contributed by atoms with Gasteiger partial charge in [-0.3, -0.25) is 4.79 Å². The first-order valence-electron chi connectivity index (χ1n) is 8.77. The molecule has 0 unspecified atom stereocenters. The van der Waals surface area contributed by atoms with Gasteiger partial charge in [-0.05, 0) is 44.2 Å². The molecule has 2 aromatic rings. The number of oxazole rings is 1. The lowest BCUT2D eigenvalue weighted by atomic mass is 10.1. The van der Waals surface area contributed by atoms with Crippen molar-refractivity contribution in [3.05, 3.63) is 29.0 Å². The molecule has 0 saturated carbocycles. The topological polar surface area (TPSA) is 81.6 Å². The number of amides is 1. The molecule has 0 aromatic carbocycles. The summed E-state index contributed by atoms with van der Waals surface area (Å²) in [7, 11) is 0. The fourth-order valence-corrected chi connectivity index (χ4v) is 3.61. The summed E-state index contributed by atoms with van der Waals surface area (Å²) >= 11 is 1.58. The van der Waals surface area contributed by atoms with Crippen LogP contribution in [0.3, 0.4) is 0 Å². The summed E-state index contributed by atoms with van der Waals surface area (Å²) in [6.07, 6.45) is 3.19. The van der Waals surface area contributed by atoms with Gasteiger partial charge in [-0.1, -0.05) is 6.07 Å². The van der Waals surface area contributed by atoms with Crippen LogP contribution in [0, 0.1) is 6.92 Å². The van der Waals surface area contributed by atoms with E-state index in [0.29, 0.717) is 25.5 Å². The average Bonchev–Trinajstić information content (AvgIpc) is 3.26. The van der Waals surface area contributed by atoms with E-state index in [1.165, 1.54) is 0 Å². The van der Waals surface area contributed by atoms with E-state index >= 15 is 0 Å². The summed E-state index contributed by atoms with van der Waals surface area (Å²) in [5.41, 5.74) is 6.21. The van der Waals surface area contributed by atoms with Crippen molar-refractivity contribution in [3.63, 3.8) is 0 Å². The maximum absolute atomic E-state index is 12.6. The van der Waals surface area contributed by atoms with Gasteiger partial charge in [0.2, 0.25) is 11.8 Å².